The van der Waals surface area contributed by atoms with E-state index in [4.69, 9.17) is 5.11 Å². The van der Waals surface area contributed by atoms with E-state index in [2.05, 4.69) is 17.1 Å². The van der Waals surface area contributed by atoms with Gasteiger partial charge in [0.2, 0.25) is 0 Å². The Morgan fingerprint density at radius 3 is 2.81 bits per heavy atom. The summed E-state index contributed by atoms with van der Waals surface area (Å²) in [5.74, 6) is 0.272. The molecular weight excluding hydrogens is 224 g/mol. The summed E-state index contributed by atoms with van der Waals surface area (Å²) < 4.78 is 0. The molecule has 0 aromatic carbocycles. The second kappa shape index (κ2) is 4.94. The summed E-state index contributed by atoms with van der Waals surface area (Å²) in [5.41, 5.74) is 0. The predicted octanol–water partition coefficient (Wildman–Crippen LogP) is 0.978. The molecule has 0 aromatic heterocycles. The minimum absolute atomic E-state index is 0.0347. The molecule has 2 aliphatic rings. The molecule has 0 bridgehead atoms. The van der Waals surface area contributed by atoms with Crippen molar-refractivity contribution in [2.45, 2.75) is 37.1 Å². The van der Waals surface area contributed by atoms with Gasteiger partial charge in [0.05, 0.1) is 4.87 Å². The highest BCUT2D eigenvalue weighted by molar-refractivity contribution is 8.00. The summed E-state index contributed by atoms with van der Waals surface area (Å²) in [5, 5.41) is 12.4. The minimum atomic E-state index is -0.697. The van der Waals surface area contributed by atoms with Crippen LogP contribution in [0.1, 0.15) is 26.2 Å². The predicted molar refractivity (Wildman–Crippen MR) is 65.7 cm³/mol. The van der Waals surface area contributed by atoms with Crippen molar-refractivity contribution in [2.24, 2.45) is 0 Å². The van der Waals surface area contributed by atoms with Gasteiger partial charge in [0.1, 0.15) is 6.04 Å². The van der Waals surface area contributed by atoms with Crippen LogP contribution in [0.5, 0.6) is 0 Å². The largest absolute Gasteiger partial charge is 0.480 e. The Bertz CT molecular complexity index is 265. The van der Waals surface area contributed by atoms with E-state index in [1.165, 1.54) is 0 Å². The van der Waals surface area contributed by atoms with Crippen LogP contribution in [-0.2, 0) is 4.79 Å². The van der Waals surface area contributed by atoms with Crippen molar-refractivity contribution in [1.29, 1.82) is 0 Å². The Labute approximate surface area is 101 Å². The first-order valence-corrected chi connectivity index (χ1v) is 7.00. The zero-order chi connectivity index (χ0) is 11.6. The molecule has 2 heterocycles. The highest BCUT2D eigenvalue weighted by atomic mass is 32.2. The molecule has 2 N–H and O–H groups in total. The van der Waals surface area contributed by atoms with E-state index in [0.717, 1.165) is 44.6 Å². The van der Waals surface area contributed by atoms with Crippen molar-refractivity contribution in [3.63, 3.8) is 0 Å². The standard InChI is InChI=1S/C11H20N2O2S/c1-2-13-6-4-11(5-7-13)12-9(10(14)15)3-8-16-11/h9,12H,2-8H2,1H3,(H,14,15). The quantitative estimate of drug-likeness (QED) is 0.758. The smallest absolute Gasteiger partial charge is 0.320 e. The van der Waals surface area contributed by atoms with Crippen molar-refractivity contribution in [1.82, 2.24) is 10.2 Å². The van der Waals surface area contributed by atoms with Crippen molar-refractivity contribution in [3.05, 3.63) is 0 Å². The van der Waals surface area contributed by atoms with Crippen LogP contribution in [0.15, 0.2) is 0 Å². The Kier molecular flexibility index (Phi) is 3.77. The summed E-state index contributed by atoms with van der Waals surface area (Å²) in [6.07, 6.45) is 2.88. The third kappa shape index (κ3) is 2.52. The highest BCUT2D eigenvalue weighted by Gasteiger charge is 2.40. The minimum Gasteiger partial charge on any atom is -0.480 e. The molecule has 4 nitrogen and oxygen atoms in total. The van der Waals surface area contributed by atoms with E-state index >= 15 is 0 Å². The number of piperidine rings is 1. The maximum absolute atomic E-state index is 11.0. The van der Waals surface area contributed by atoms with E-state index in [-0.39, 0.29) is 10.9 Å². The fraction of sp³-hybridized carbons (Fsp3) is 0.909. The lowest BCUT2D eigenvalue weighted by atomic mass is 10.0. The maximum atomic E-state index is 11.0. The van der Waals surface area contributed by atoms with Crippen LogP contribution >= 0.6 is 11.8 Å². The van der Waals surface area contributed by atoms with Crippen molar-refractivity contribution < 1.29 is 9.90 Å². The highest BCUT2D eigenvalue weighted by Crippen LogP contribution is 2.37. The molecule has 2 rings (SSSR count). The first-order chi connectivity index (χ1) is 7.65. The maximum Gasteiger partial charge on any atom is 0.320 e. The summed E-state index contributed by atoms with van der Waals surface area (Å²) in [6.45, 7) is 5.45. The lowest BCUT2D eigenvalue weighted by molar-refractivity contribution is -0.140. The average molecular weight is 244 g/mol. The number of nitrogens with zero attached hydrogens (tertiary/aromatic N) is 1. The Hall–Kier alpha value is -0.260. The number of carboxylic acids is 1. The van der Waals surface area contributed by atoms with Gasteiger partial charge in [-0.15, -0.1) is 11.8 Å². The van der Waals surface area contributed by atoms with Crippen LogP contribution in [0.2, 0.25) is 0 Å². The molecule has 2 saturated heterocycles. The SMILES string of the molecule is CCN1CCC2(CC1)NC(C(=O)O)CCS2. The lowest BCUT2D eigenvalue weighted by Crippen LogP contribution is -2.58. The topological polar surface area (TPSA) is 52.6 Å². The molecule has 2 aliphatic heterocycles. The zero-order valence-corrected chi connectivity index (χ0v) is 10.6. The number of thioether (sulfide) groups is 1. The second-order valence-electron chi connectivity index (χ2n) is 4.60. The van der Waals surface area contributed by atoms with Crippen LogP contribution in [0.25, 0.3) is 0 Å². The third-order valence-electron chi connectivity index (χ3n) is 3.63. The summed E-state index contributed by atoms with van der Waals surface area (Å²) in [7, 11) is 0. The molecule has 1 unspecified atom stereocenters. The summed E-state index contributed by atoms with van der Waals surface area (Å²) >= 11 is 1.92. The number of rotatable bonds is 2. The van der Waals surface area contributed by atoms with Gasteiger partial charge in [-0.3, -0.25) is 10.1 Å². The van der Waals surface area contributed by atoms with E-state index in [1.54, 1.807) is 0 Å². The Balaban J connectivity index is 1.95. The van der Waals surface area contributed by atoms with Crippen molar-refractivity contribution in [2.75, 3.05) is 25.4 Å². The molecule has 0 saturated carbocycles. The van der Waals surface area contributed by atoms with Crippen LogP contribution in [-0.4, -0.2) is 52.3 Å². The fourth-order valence-corrected chi connectivity index (χ4v) is 3.95. The summed E-state index contributed by atoms with van der Waals surface area (Å²) in [6, 6.07) is -0.338. The first kappa shape index (κ1) is 12.2. The molecule has 92 valence electrons. The van der Waals surface area contributed by atoms with Crippen LogP contribution in [0.4, 0.5) is 0 Å². The van der Waals surface area contributed by atoms with Crippen molar-refractivity contribution >= 4 is 17.7 Å². The number of hydrogen-bond acceptors (Lipinski definition) is 4. The number of carbonyl (C=O) groups is 1. The monoisotopic (exact) mass is 244 g/mol. The molecule has 0 aromatic rings. The molecule has 0 radical (unpaired) electrons. The van der Waals surface area contributed by atoms with E-state index in [9.17, 15) is 4.79 Å². The number of nitrogens with one attached hydrogen (secondary N) is 1. The van der Waals surface area contributed by atoms with Gasteiger partial charge in [0.25, 0.3) is 0 Å². The van der Waals surface area contributed by atoms with Gasteiger partial charge in [0.15, 0.2) is 0 Å². The van der Waals surface area contributed by atoms with Gasteiger partial charge in [-0.05, 0) is 31.6 Å². The summed E-state index contributed by atoms with van der Waals surface area (Å²) in [4.78, 5) is 13.5. The molecule has 16 heavy (non-hydrogen) atoms. The van der Waals surface area contributed by atoms with Gasteiger partial charge in [-0.1, -0.05) is 6.92 Å². The fourth-order valence-electron chi connectivity index (χ4n) is 2.51. The lowest BCUT2D eigenvalue weighted by Gasteiger charge is -2.45. The second-order valence-corrected chi connectivity index (χ2v) is 6.08. The molecule has 5 heteroatoms. The number of likely N-dealkylation sites (tertiary alicyclic amines) is 1. The van der Waals surface area contributed by atoms with E-state index in [0.29, 0.717) is 0 Å². The number of aliphatic carboxylic acids is 1. The first-order valence-electron chi connectivity index (χ1n) is 6.02. The van der Waals surface area contributed by atoms with Crippen molar-refractivity contribution in [3.8, 4) is 0 Å². The van der Waals surface area contributed by atoms with E-state index < -0.39 is 5.97 Å². The average Bonchev–Trinajstić information content (AvgIpc) is 2.30. The van der Waals surface area contributed by atoms with Crippen LogP contribution in [0.3, 0.4) is 0 Å². The van der Waals surface area contributed by atoms with Gasteiger partial charge in [-0.25, -0.2) is 0 Å². The molecule has 1 atom stereocenters. The molecule has 0 aliphatic carbocycles. The normalized spacial score (nSPS) is 30.4. The Morgan fingerprint density at radius 2 is 2.25 bits per heavy atom. The Morgan fingerprint density at radius 1 is 1.56 bits per heavy atom. The van der Waals surface area contributed by atoms with E-state index in [1.807, 2.05) is 11.8 Å². The van der Waals surface area contributed by atoms with Gasteiger partial charge in [-0.2, -0.15) is 0 Å². The van der Waals surface area contributed by atoms with Gasteiger partial charge < -0.3 is 10.0 Å². The van der Waals surface area contributed by atoms with Gasteiger partial charge in [0, 0.05) is 13.1 Å². The van der Waals surface area contributed by atoms with Crippen LogP contribution in [0, 0.1) is 0 Å². The number of hydrogen-bond donors (Lipinski definition) is 2. The van der Waals surface area contributed by atoms with Crippen LogP contribution < -0.4 is 5.32 Å². The molecule has 0 amide bonds. The molecular formula is C11H20N2O2S. The molecule has 2 fully saturated rings. The zero-order valence-electron chi connectivity index (χ0n) is 9.74. The van der Waals surface area contributed by atoms with Gasteiger partial charge >= 0.3 is 5.97 Å². The third-order valence-corrected chi connectivity index (χ3v) is 5.15. The molecule has 1 spiro atoms. The number of carboxylic acid groups (broad SMARTS) is 1.